The predicted octanol–water partition coefficient (Wildman–Crippen LogP) is 1.26. The maximum absolute atomic E-state index is 9.66. The third-order valence-corrected chi connectivity index (χ3v) is 1.02. The van der Waals surface area contributed by atoms with Crippen molar-refractivity contribution in [3.8, 4) is 0 Å². The molecule has 3 heteroatoms. The molecule has 0 amide bonds. The molecule has 0 aromatic rings. The highest BCUT2D eigenvalue weighted by Crippen LogP contribution is 2.01. The minimum absolute atomic E-state index is 0.562. The maximum atomic E-state index is 9.66. The zero-order valence-corrected chi connectivity index (χ0v) is 6.09. The highest BCUT2D eigenvalue weighted by atomic mass is 16.5. The zero-order chi connectivity index (χ0) is 7.82. The standard InChI is InChI=1S/C7H11NO2/c1-7(8-6-9)4-3-5-10-2/h1,3-5H2,2H3. The van der Waals surface area contributed by atoms with Crippen molar-refractivity contribution in [1.82, 2.24) is 0 Å². The molecule has 0 aromatic heterocycles. The molecule has 0 saturated carbocycles. The van der Waals surface area contributed by atoms with Gasteiger partial charge in [0.05, 0.1) is 0 Å². The van der Waals surface area contributed by atoms with Gasteiger partial charge in [-0.05, 0) is 12.8 Å². The molecule has 0 aliphatic heterocycles. The SMILES string of the molecule is C=C(CCCOC)N=C=O. The monoisotopic (exact) mass is 141 g/mol. The second-order valence-electron chi connectivity index (χ2n) is 1.87. The molecule has 0 fully saturated rings. The Labute approximate surface area is 60.4 Å². The van der Waals surface area contributed by atoms with E-state index in [-0.39, 0.29) is 0 Å². The van der Waals surface area contributed by atoms with Crippen LogP contribution in [0.2, 0.25) is 0 Å². The number of aliphatic imine (C=N–C) groups is 1. The normalized spacial score (nSPS) is 8.50. The van der Waals surface area contributed by atoms with E-state index in [0.717, 1.165) is 6.42 Å². The van der Waals surface area contributed by atoms with Crippen LogP contribution in [0.15, 0.2) is 17.3 Å². The lowest BCUT2D eigenvalue weighted by Crippen LogP contribution is -1.88. The lowest BCUT2D eigenvalue weighted by molar-refractivity contribution is 0.195. The number of rotatable bonds is 5. The molecule has 3 nitrogen and oxygen atoms in total. The van der Waals surface area contributed by atoms with Crippen molar-refractivity contribution in [2.75, 3.05) is 13.7 Å². The van der Waals surface area contributed by atoms with Crippen LogP contribution in [-0.4, -0.2) is 19.8 Å². The summed E-state index contributed by atoms with van der Waals surface area (Å²) in [4.78, 5) is 13.0. The molecule has 0 aliphatic rings. The predicted molar refractivity (Wildman–Crippen MR) is 38.4 cm³/mol. The zero-order valence-electron chi connectivity index (χ0n) is 6.09. The van der Waals surface area contributed by atoms with Gasteiger partial charge in [-0.15, -0.1) is 0 Å². The number of hydrogen-bond acceptors (Lipinski definition) is 3. The summed E-state index contributed by atoms with van der Waals surface area (Å²) in [6, 6.07) is 0. The van der Waals surface area contributed by atoms with Gasteiger partial charge in [0.25, 0.3) is 0 Å². The van der Waals surface area contributed by atoms with E-state index in [4.69, 9.17) is 4.74 Å². The topological polar surface area (TPSA) is 38.7 Å². The number of methoxy groups -OCH3 is 1. The van der Waals surface area contributed by atoms with Gasteiger partial charge in [-0.25, -0.2) is 4.79 Å². The number of isocyanates is 1. The van der Waals surface area contributed by atoms with E-state index in [1.807, 2.05) is 0 Å². The molecule has 0 rings (SSSR count). The average molecular weight is 141 g/mol. The fourth-order valence-electron chi connectivity index (χ4n) is 0.541. The van der Waals surface area contributed by atoms with Gasteiger partial charge in [0.1, 0.15) is 0 Å². The molecule has 0 heterocycles. The van der Waals surface area contributed by atoms with Gasteiger partial charge in [-0.3, -0.25) is 0 Å². The summed E-state index contributed by atoms with van der Waals surface area (Å²) in [5.74, 6) is 0. The Morgan fingerprint density at radius 3 is 3.00 bits per heavy atom. The first-order valence-corrected chi connectivity index (χ1v) is 3.06. The summed E-state index contributed by atoms with van der Waals surface area (Å²) in [5.41, 5.74) is 0.562. The van der Waals surface area contributed by atoms with Crippen LogP contribution in [0.3, 0.4) is 0 Å². The fraction of sp³-hybridized carbons (Fsp3) is 0.571. The minimum Gasteiger partial charge on any atom is -0.385 e. The highest BCUT2D eigenvalue weighted by Gasteiger charge is 1.89. The van der Waals surface area contributed by atoms with Crippen molar-refractivity contribution >= 4 is 6.08 Å². The molecule has 56 valence electrons. The molecule has 0 spiro atoms. The first-order valence-electron chi connectivity index (χ1n) is 3.06. The molecule has 0 unspecified atom stereocenters. The van der Waals surface area contributed by atoms with Gasteiger partial charge in [0.15, 0.2) is 0 Å². The highest BCUT2D eigenvalue weighted by molar-refractivity contribution is 5.36. The van der Waals surface area contributed by atoms with E-state index in [1.165, 1.54) is 6.08 Å². The molecular weight excluding hydrogens is 130 g/mol. The van der Waals surface area contributed by atoms with Gasteiger partial charge < -0.3 is 4.74 Å². The van der Waals surface area contributed by atoms with Gasteiger partial charge >= 0.3 is 0 Å². The number of nitrogens with zero attached hydrogens (tertiary/aromatic N) is 1. The molecule has 10 heavy (non-hydrogen) atoms. The molecule has 0 radical (unpaired) electrons. The Kier molecular flexibility index (Phi) is 5.63. The number of hydrogen-bond donors (Lipinski definition) is 0. The largest absolute Gasteiger partial charge is 0.385 e. The third kappa shape index (κ3) is 5.22. The van der Waals surface area contributed by atoms with Crippen molar-refractivity contribution in [3.05, 3.63) is 12.3 Å². The Bertz CT molecular complexity index is 148. The van der Waals surface area contributed by atoms with E-state index in [0.29, 0.717) is 18.7 Å². The summed E-state index contributed by atoms with van der Waals surface area (Å²) < 4.78 is 4.79. The second-order valence-corrected chi connectivity index (χ2v) is 1.87. The van der Waals surface area contributed by atoms with Crippen molar-refractivity contribution in [3.63, 3.8) is 0 Å². The second kappa shape index (κ2) is 6.20. The van der Waals surface area contributed by atoms with E-state index < -0.39 is 0 Å². The van der Waals surface area contributed by atoms with Crippen LogP contribution >= 0.6 is 0 Å². The summed E-state index contributed by atoms with van der Waals surface area (Å²) in [7, 11) is 1.63. The Balaban J connectivity index is 3.31. The van der Waals surface area contributed by atoms with Crippen molar-refractivity contribution in [2.45, 2.75) is 12.8 Å². The van der Waals surface area contributed by atoms with E-state index in [9.17, 15) is 4.79 Å². The van der Waals surface area contributed by atoms with Crippen LogP contribution in [-0.2, 0) is 9.53 Å². The van der Waals surface area contributed by atoms with E-state index >= 15 is 0 Å². The van der Waals surface area contributed by atoms with E-state index in [2.05, 4.69) is 11.6 Å². The van der Waals surface area contributed by atoms with Crippen LogP contribution in [0.25, 0.3) is 0 Å². The van der Waals surface area contributed by atoms with Crippen LogP contribution in [0.5, 0.6) is 0 Å². The smallest absolute Gasteiger partial charge is 0.240 e. The van der Waals surface area contributed by atoms with Crippen LogP contribution < -0.4 is 0 Å². The lowest BCUT2D eigenvalue weighted by atomic mass is 10.3. The molecule has 0 bridgehead atoms. The quantitative estimate of drug-likeness (QED) is 0.328. The molecule has 0 saturated heterocycles. The van der Waals surface area contributed by atoms with E-state index in [1.54, 1.807) is 7.11 Å². The first-order chi connectivity index (χ1) is 4.81. The summed E-state index contributed by atoms with van der Waals surface area (Å²) in [6.07, 6.45) is 2.97. The minimum atomic E-state index is 0.562. The molecule has 0 atom stereocenters. The molecular formula is C7H11NO2. The van der Waals surface area contributed by atoms with Gasteiger partial charge in [-0.2, -0.15) is 4.99 Å². The van der Waals surface area contributed by atoms with Gasteiger partial charge in [0.2, 0.25) is 6.08 Å². The van der Waals surface area contributed by atoms with Crippen LogP contribution in [0, 0.1) is 0 Å². The summed E-state index contributed by atoms with van der Waals surface area (Å²) in [5, 5.41) is 0. The lowest BCUT2D eigenvalue weighted by Gasteiger charge is -1.95. The fourth-order valence-corrected chi connectivity index (χ4v) is 0.541. The Hall–Kier alpha value is -0.920. The molecule has 0 aromatic carbocycles. The number of ether oxygens (including phenoxy) is 1. The van der Waals surface area contributed by atoms with Gasteiger partial charge in [0, 0.05) is 19.4 Å². The molecule has 0 aliphatic carbocycles. The Morgan fingerprint density at radius 1 is 1.80 bits per heavy atom. The summed E-state index contributed by atoms with van der Waals surface area (Å²) >= 11 is 0. The average Bonchev–Trinajstić information content (AvgIpc) is 1.89. The third-order valence-electron chi connectivity index (χ3n) is 1.02. The number of allylic oxidation sites excluding steroid dienone is 1. The van der Waals surface area contributed by atoms with Gasteiger partial charge in [-0.1, -0.05) is 6.58 Å². The first kappa shape index (κ1) is 9.08. The summed E-state index contributed by atoms with van der Waals surface area (Å²) in [6.45, 7) is 4.21. The van der Waals surface area contributed by atoms with Crippen LogP contribution in [0.1, 0.15) is 12.8 Å². The Morgan fingerprint density at radius 2 is 2.50 bits per heavy atom. The maximum Gasteiger partial charge on any atom is 0.240 e. The van der Waals surface area contributed by atoms with Crippen molar-refractivity contribution in [1.29, 1.82) is 0 Å². The number of carbonyl (C=O) groups excluding carboxylic acids is 1. The van der Waals surface area contributed by atoms with Crippen LogP contribution in [0.4, 0.5) is 0 Å². The van der Waals surface area contributed by atoms with Crippen molar-refractivity contribution < 1.29 is 9.53 Å². The van der Waals surface area contributed by atoms with Crippen molar-refractivity contribution in [2.24, 2.45) is 4.99 Å². The molecule has 0 N–H and O–H groups in total.